The molecule has 5 heteroatoms. The van der Waals surface area contributed by atoms with E-state index >= 15 is 0 Å². The van der Waals surface area contributed by atoms with Gasteiger partial charge >= 0.3 is 6.09 Å². The number of halogens is 1. The van der Waals surface area contributed by atoms with Gasteiger partial charge in [0.25, 0.3) is 0 Å². The van der Waals surface area contributed by atoms with Crippen LogP contribution in [0.3, 0.4) is 0 Å². The van der Waals surface area contributed by atoms with E-state index in [1.54, 1.807) is 32.9 Å². The highest BCUT2D eigenvalue weighted by Gasteiger charge is 2.20. The summed E-state index contributed by atoms with van der Waals surface area (Å²) in [4.78, 5) is 11.7. The van der Waals surface area contributed by atoms with Crippen molar-refractivity contribution >= 4 is 11.8 Å². The van der Waals surface area contributed by atoms with Crippen LogP contribution in [0.15, 0.2) is 18.2 Å². The molecule has 1 unspecified atom stereocenters. The lowest BCUT2D eigenvalue weighted by atomic mass is 10.0. The molecule has 1 atom stereocenters. The Morgan fingerprint density at radius 1 is 1.45 bits per heavy atom. The molecule has 110 valence electrons. The highest BCUT2D eigenvalue weighted by Crippen LogP contribution is 2.27. The molecule has 1 heterocycles. The van der Waals surface area contributed by atoms with Crippen LogP contribution in [-0.4, -0.2) is 18.2 Å². The Kier molecular flexibility index (Phi) is 4.28. The summed E-state index contributed by atoms with van der Waals surface area (Å²) < 4.78 is 18.9. The third-order valence-electron chi connectivity index (χ3n) is 3.09. The number of ether oxygens (including phenoxy) is 1. The van der Waals surface area contributed by atoms with Crippen LogP contribution in [0.25, 0.3) is 0 Å². The number of nitrogens with one attached hydrogen (secondary N) is 2. The van der Waals surface area contributed by atoms with Crippen molar-refractivity contribution in [1.82, 2.24) is 5.32 Å². The number of rotatable bonds is 2. The second-order valence-corrected chi connectivity index (χ2v) is 6.02. The summed E-state index contributed by atoms with van der Waals surface area (Å²) in [6.07, 6.45) is 1.49. The molecule has 0 aliphatic carbocycles. The third kappa shape index (κ3) is 3.93. The monoisotopic (exact) mass is 280 g/mol. The van der Waals surface area contributed by atoms with Crippen molar-refractivity contribution in [3.8, 4) is 0 Å². The van der Waals surface area contributed by atoms with Gasteiger partial charge in [0.05, 0.1) is 5.69 Å². The third-order valence-corrected chi connectivity index (χ3v) is 3.09. The van der Waals surface area contributed by atoms with Gasteiger partial charge in [-0.3, -0.25) is 5.32 Å². The van der Waals surface area contributed by atoms with E-state index in [2.05, 4.69) is 10.6 Å². The zero-order valence-corrected chi connectivity index (χ0v) is 12.1. The van der Waals surface area contributed by atoms with Crippen LogP contribution in [0.2, 0.25) is 0 Å². The minimum absolute atomic E-state index is 0.158. The molecule has 1 fully saturated rings. The maximum atomic E-state index is 13.8. The van der Waals surface area contributed by atoms with E-state index in [4.69, 9.17) is 4.74 Å². The van der Waals surface area contributed by atoms with Crippen molar-refractivity contribution in [2.45, 2.75) is 45.3 Å². The Morgan fingerprint density at radius 2 is 2.20 bits per heavy atom. The molecular weight excluding hydrogens is 259 g/mol. The SMILES string of the molecule is CC(C)(C)OC(=O)Nc1cc(C2CCCN2)ccc1F. The molecule has 1 aliphatic heterocycles. The zero-order valence-electron chi connectivity index (χ0n) is 12.1. The van der Waals surface area contributed by atoms with Gasteiger partial charge in [0, 0.05) is 6.04 Å². The predicted octanol–water partition coefficient (Wildman–Crippen LogP) is 3.60. The maximum Gasteiger partial charge on any atom is 0.412 e. The number of hydrogen-bond donors (Lipinski definition) is 2. The van der Waals surface area contributed by atoms with Gasteiger partial charge in [-0.05, 0) is 57.9 Å². The molecule has 0 spiro atoms. The molecular formula is C15H21FN2O2. The predicted molar refractivity (Wildman–Crippen MR) is 76.2 cm³/mol. The normalized spacial score (nSPS) is 18.9. The van der Waals surface area contributed by atoms with E-state index < -0.39 is 17.5 Å². The van der Waals surface area contributed by atoms with Crippen LogP contribution in [-0.2, 0) is 4.74 Å². The van der Waals surface area contributed by atoms with Crippen molar-refractivity contribution in [3.05, 3.63) is 29.6 Å². The molecule has 0 bridgehead atoms. The van der Waals surface area contributed by atoms with Crippen LogP contribution in [0.5, 0.6) is 0 Å². The molecule has 1 aromatic carbocycles. The minimum Gasteiger partial charge on any atom is -0.444 e. The molecule has 1 saturated heterocycles. The van der Waals surface area contributed by atoms with Crippen LogP contribution >= 0.6 is 0 Å². The van der Waals surface area contributed by atoms with Crippen LogP contribution in [0, 0.1) is 5.82 Å². The average Bonchev–Trinajstić information content (AvgIpc) is 2.83. The molecule has 0 aromatic heterocycles. The Hall–Kier alpha value is -1.62. The maximum absolute atomic E-state index is 13.8. The fraction of sp³-hybridized carbons (Fsp3) is 0.533. The van der Waals surface area contributed by atoms with Crippen molar-refractivity contribution in [3.63, 3.8) is 0 Å². The average molecular weight is 280 g/mol. The van der Waals surface area contributed by atoms with Crippen molar-refractivity contribution < 1.29 is 13.9 Å². The van der Waals surface area contributed by atoms with E-state index in [1.165, 1.54) is 6.07 Å². The van der Waals surface area contributed by atoms with Crippen molar-refractivity contribution in [1.29, 1.82) is 0 Å². The largest absolute Gasteiger partial charge is 0.444 e. The molecule has 2 N–H and O–H groups in total. The lowest BCUT2D eigenvalue weighted by molar-refractivity contribution is 0.0635. The fourth-order valence-electron chi connectivity index (χ4n) is 2.24. The van der Waals surface area contributed by atoms with Gasteiger partial charge in [-0.2, -0.15) is 0 Å². The topological polar surface area (TPSA) is 50.4 Å². The van der Waals surface area contributed by atoms with E-state index in [1.807, 2.05) is 0 Å². The first-order valence-corrected chi connectivity index (χ1v) is 6.88. The van der Waals surface area contributed by atoms with Crippen LogP contribution in [0.1, 0.15) is 45.2 Å². The number of carbonyl (C=O) groups is 1. The van der Waals surface area contributed by atoms with E-state index in [0.717, 1.165) is 24.9 Å². The standard InChI is InChI=1S/C15H21FN2O2/c1-15(2,3)20-14(19)18-13-9-10(6-7-11(13)16)12-5-4-8-17-12/h6-7,9,12,17H,4-5,8H2,1-3H3,(H,18,19). The van der Waals surface area contributed by atoms with Crippen molar-refractivity contribution in [2.24, 2.45) is 0 Å². The number of anilines is 1. The van der Waals surface area contributed by atoms with E-state index in [9.17, 15) is 9.18 Å². The summed E-state index contributed by atoms with van der Waals surface area (Å²) in [6, 6.07) is 5.03. The molecule has 1 amide bonds. The number of amides is 1. The minimum atomic E-state index is -0.645. The molecule has 2 rings (SSSR count). The lowest BCUT2D eigenvalue weighted by Crippen LogP contribution is -2.27. The fourth-order valence-corrected chi connectivity index (χ4v) is 2.24. The Bertz CT molecular complexity index is 491. The lowest BCUT2D eigenvalue weighted by Gasteiger charge is -2.20. The summed E-state index contributed by atoms with van der Waals surface area (Å²) in [5, 5.41) is 5.81. The smallest absolute Gasteiger partial charge is 0.412 e. The number of carbonyl (C=O) groups excluding carboxylic acids is 1. The Balaban J connectivity index is 2.10. The summed E-state index contributed by atoms with van der Waals surface area (Å²) in [5.41, 5.74) is 0.533. The van der Waals surface area contributed by atoms with Gasteiger partial charge in [-0.1, -0.05) is 6.07 Å². The summed E-state index contributed by atoms with van der Waals surface area (Å²) >= 11 is 0. The first kappa shape index (κ1) is 14.8. The highest BCUT2D eigenvalue weighted by molar-refractivity contribution is 5.85. The van der Waals surface area contributed by atoms with Gasteiger partial charge in [0.15, 0.2) is 0 Å². The second kappa shape index (κ2) is 5.79. The summed E-state index contributed by atoms with van der Waals surface area (Å²) in [7, 11) is 0. The van der Waals surface area contributed by atoms with Gasteiger partial charge < -0.3 is 10.1 Å². The summed E-state index contributed by atoms with van der Waals surface area (Å²) in [5.74, 6) is -0.461. The Labute approximate surface area is 118 Å². The van der Waals surface area contributed by atoms with Crippen LogP contribution < -0.4 is 10.6 Å². The second-order valence-electron chi connectivity index (χ2n) is 6.02. The van der Waals surface area contributed by atoms with E-state index in [0.29, 0.717) is 0 Å². The van der Waals surface area contributed by atoms with Gasteiger partial charge in [-0.25, -0.2) is 9.18 Å². The Morgan fingerprint density at radius 3 is 2.80 bits per heavy atom. The molecule has 1 aliphatic rings. The van der Waals surface area contributed by atoms with Crippen LogP contribution in [0.4, 0.5) is 14.9 Å². The zero-order chi connectivity index (χ0) is 14.8. The molecule has 20 heavy (non-hydrogen) atoms. The van der Waals surface area contributed by atoms with Crippen molar-refractivity contribution in [2.75, 3.05) is 11.9 Å². The highest BCUT2D eigenvalue weighted by atomic mass is 19.1. The first-order valence-electron chi connectivity index (χ1n) is 6.88. The molecule has 4 nitrogen and oxygen atoms in total. The number of benzene rings is 1. The number of hydrogen-bond acceptors (Lipinski definition) is 3. The molecule has 1 aromatic rings. The summed E-state index contributed by atoms with van der Waals surface area (Å²) in [6.45, 7) is 6.27. The van der Waals surface area contributed by atoms with E-state index in [-0.39, 0.29) is 11.7 Å². The molecule has 0 radical (unpaired) electrons. The van der Waals surface area contributed by atoms with Gasteiger partial charge in [0.1, 0.15) is 11.4 Å². The molecule has 0 saturated carbocycles. The quantitative estimate of drug-likeness (QED) is 0.870. The first-order chi connectivity index (χ1) is 9.35. The van der Waals surface area contributed by atoms with Gasteiger partial charge in [-0.15, -0.1) is 0 Å². The van der Waals surface area contributed by atoms with Gasteiger partial charge in [0.2, 0.25) is 0 Å².